The SMILES string of the molecule is COC[C@@H](N=C(c1ccccc1)N1[C@H](c2ccccc2)[C@@H]2C=C[C@H]1ON2c1ccccc1)C(C)C. The summed E-state index contributed by atoms with van der Waals surface area (Å²) in [5.74, 6) is 1.27. The molecular formula is C30H33N3O2. The number of fused-ring (bicyclic) bond motifs is 2. The first-order chi connectivity index (χ1) is 17.2. The lowest BCUT2D eigenvalue weighted by Gasteiger charge is -2.54. The monoisotopic (exact) mass is 467 g/mol. The fourth-order valence-electron chi connectivity index (χ4n) is 4.86. The number of rotatable bonds is 7. The predicted octanol–water partition coefficient (Wildman–Crippen LogP) is 5.86. The fraction of sp³-hybridized carbons (Fsp3) is 0.300. The lowest BCUT2D eigenvalue weighted by atomic mass is 9.91. The van der Waals surface area contributed by atoms with Crippen molar-refractivity contribution in [3.63, 3.8) is 0 Å². The Balaban J connectivity index is 1.65. The van der Waals surface area contributed by atoms with Crippen molar-refractivity contribution in [1.29, 1.82) is 0 Å². The zero-order chi connectivity index (χ0) is 24.2. The number of ether oxygens (including phenoxy) is 1. The summed E-state index contributed by atoms with van der Waals surface area (Å²) in [6.45, 7) is 4.96. The van der Waals surface area contributed by atoms with Gasteiger partial charge in [0.05, 0.1) is 30.4 Å². The van der Waals surface area contributed by atoms with Crippen LogP contribution < -0.4 is 5.06 Å². The van der Waals surface area contributed by atoms with Crippen LogP contribution in [-0.2, 0) is 9.57 Å². The molecule has 6 rings (SSSR count). The number of amidine groups is 1. The molecule has 3 aliphatic rings. The number of methoxy groups -OCH3 is 1. The molecule has 5 nitrogen and oxygen atoms in total. The van der Waals surface area contributed by atoms with Crippen molar-refractivity contribution < 1.29 is 9.57 Å². The van der Waals surface area contributed by atoms with E-state index in [4.69, 9.17) is 14.6 Å². The van der Waals surface area contributed by atoms with Gasteiger partial charge in [0.2, 0.25) is 0 Å². The lowest BCUT2D eigenvalue weighted by molar-refractivity contribution is -0.0936. The maximum atomic E-state index is 6.60. The Kier molecular flexibility index (Phi) is 6.98. The van der Waals surface area contributed by atoms with Crippen molar-refractivity contribution in [1.82, 2.24) is 4.90 Å². The molecule has 0 radical (unpaired) electrons. The molecule has 2 bridgehead atoms. The Bertz CT molecular complexity index is 1150. The minimum absolute atomic E-state index is 0.0152. The number of para-hydroxylation sites is 1. The van der Waals surface area contributed by atoms with E-state index >= 15 is 0 Å². The van der Waals surface area contributed by atoms with E-state index in [2.05, 4.69) is 115 Å². The molecule has 3 aromatic carbocycles. The minimum Gasteiger partial charge on any atom is -0.382 e. The van der Waals surface area contributed by atoms with Crippen molar-refractivity contribution in [2.24, 2.45) is 10.9 Å². The first-order valence-corrected chi connectivity index (χ1v) is 12.3. The smallest absolute Gasteiger partial charge is 0.178 e. The van der Waals surface area contributed by atoms with Gasteiger partial charge >= 0.3 is 0 Å². The van der Waals surface area contributed by atoms with E-state index in [-0.39, 0.29) is 24.4 Å². The van der Waals surface area contributed by atoms with Crippen molar-refractivity contribution in [2.45, 2.75) is 38.2 Å². The van der Waals surface area contributed by atoms with E-state index < -0.39 is 0 Å². The van der Waals surface area contributed by atoms with Gasteiger partial charge in [-0.15, -0.1) is 0 Å². The summed E-state index contributed by atoms with van der Waals surface area (Å²) >= 11 is 0. The Hall–Kier alpha value is -3.41. The Morgan fingerprint density at radius 3 is 2.14 bits per heavy atom. The Morgan fingerprint density at radius 2 is 1.51 bits per heavy atom. The molecule has 1 fully saturated rings. The maximum Gasteiger partial charge on any atom is 0.178 e. The quantitative estimate of drug-likeness (QED) is 0.248. The lowest BCUT2D eigenvalue weighted by Crippen LogP contribution is -2.62. The van der Waals surface area contributed by atoms with Gasteiger partial charge in [0, 0.05) is 12.7 Å². The third kappa shape index (κ3) is 4.75. The number of nitrogens with zero attached hydrogens (tertiary/aromatic N) is 3. The van der Waals surface area contributed by atoms with E-state index in [0.717, 1.165) is 17.1 Å². The van der Waals surface area contributed by atoms with Crippen LogP contribution in [0.2, 0.25) is 0 Å². The van der Waals surface area contributed by atoms with Crippen molar-refractivity contribution in [2.75, 3.05) is 18.8 Å². The van der Waals surface area contributed by atoms with Gasteiger partial charge in [0.25, 0.3) is 0 Å². The molecule has 3 aliphatic heterocycles. The molecule has 0 aromatic heterocycles. The first kappa shape index (κ1) is 23.3. The Morgan fingerprint density at radius 1 is 0.886 bits per heavy atom. The number of benzene rings is 3. The van der Waals surface area contributed by atoms with Crippen molar-refractivity contribution in [3.05, 3.63) is 114 Å². The average Bonchev–Trinajstić information content (AvgIpc) is 2.92. The molecule has 0 amide bonds. The molecule has 0 aliphatic carbocycles. The van der Waals surface area contributed by atoms with E-state index in [1.54, 1.807) is 7.11 Å². The molecule has 35 heavy (non-hydrogen) atoms. The van der Waals surface area contributed by atoms with Crippen molar-refractivity contribution in [3.8, 4) is 0 Å². The number of hydroxylamine groups is 1. The molecular weight excluding hydrogens is 434 g/mol. The molecule has 3 aromatic rings. The van der Waals surface area contributed by atoms with Gasteiger partial charge in [-0.2, -0.15) is 0 Å². The van der Waals surface area contributed by atoms with Crippen LogP contribution in [0.25, 0.3) is 0 Å². The largest absolute Gasteiger partial charge is 0.382 e. The average molecular weight is 468 g/mol. The van der Waals surface area contributed by atoms with Gasteiger partial charge in [-0.25, -0.2) is 9.90 Å². The third-order valence-electron chi connectivity index (χ3n) is 6.69. The fourth-order valence-corrected chi connectivity index (χ4v) is 4.86. The number of anilines is 1. The molecule has 4 atom stereocenters. The topological polar surface area (TPSA) is 37.3 Å². The number of hydrogen-bond acceptors (Lipinski definition) is 4. The summed E-state index contributed by atoms with van der Waals surface area (Å²) in [5, 5.41) is 2.05. The van der Waals surface area contributed by atoms with Crippen LogP contribution in [0.5, 0.6) is 0 Å². The van der Waals surface area contributed by atoms with Crippen LogP contribution in [-0.4, -0.2) is 42.8 Å². The van der Waals surface area contributed by atoms with E-state index in [1.807, 2.05) is 12.1 Å². The standard InChI is InChI=1S/C30H33N3O2/c1-22(2)26(21-34-3)31-30(24-15-9-5-10-16-24)32-28-20-19-27(29(32)23-13-7-4-8-14-23)33(35-28)25-17-11-6-12-18-25/h4-20,22,26-29H,21H2,1-3H3/t26-,27+,28-,29-/m1/s1. The summed E-state index contributed by atoms with van der Waals surface area (Å²) in [5.41, 5.74) is 3.35. The predicted molar refractivity (Wildman–Crippen MR) is 141 cm³/mol. The summed E-state index contributed by atoms with van der Waals surface area (Å²) in [6, 6.07) is 31.5. The molecule has 0 unspecified atom stereocenters. The Labute approximate surface area is 208 Å². The van der Waals surface area contributed by atoms with Crippen molar-refractivity contribution >= 4 is 11.5 Å². The minimum atomic E-state index is -0.292. The van der Waals surface area contributed by atoms with Gasteiger partial charge < -0.3 is 9.64 Å². The second-order valence-electron chi connectivity index (χ2n) is 9.38. The normalized spacial score (nSPS) is 22.6. The zero-order valence-corrected chi connectivity index (χ0v) is 20.6. The summed E-state index contributed by atoms with van der Waals surface area (Å²) < 4.78 is 5.56. The summed E-state index contributed by atoms with van der Waals surface area (Å²) in [7, 11) is 1.74. The highest BCUT2D eigenvalue weighted by Crippen LogP contribution is 2.42. The number of hydrogen-bond donors (Lipinski definition) is 0. The van der Waals surface area contributed by atoms with Gasteiger partial charge in [-0.1, -0.05) is 98.8 Å². The van der Waals surface area contributed by atoms with E-state index in [9.17, 15) is 0 Å². The zero-order valence-electron chi connectivity index (χ0n) is 20.6. The second-order valence-corrected chi connectivity index (χ2v) is 9.38. The molecule has 5 heteroatoms. The number of aliphatic imine (C=N–C) groups is 1. The highest BCUT2D eigenvalue weighted by atomic mass is 16.7. The van der Waals surface area contributed by atoms with Crippen LogP contribution in [0.1, 0.15) is 31.0 Å². The first-order valence-electron chi connectivity index (χ1n) is 12.3. The van der Waals surface area contributed by atoms with Crippen LogP contribution >= 0.6 is 0 Å². The molecule has 3 heterocycles. The molecule has 0 N–H and O–H groups in total. The second kappa shape index (κ2) is 10.5. The van der Waals surface area contributed by atoms with Crippen LogP contribution in [0, 0.1) is 5.92 Å². The summed E-state index contributed by atoms with van der Waals surface area (Å²) in [4.78, 5) is 14.3. The van der Waals surface area contributed by atoms with Crippen LogP contribution in [0.4, 0.5) is 5.69 Å². The van der Waals surface area contributed by atoms with Crippen LogP contribution in [0.15, 0.2) is 108 Å². The summed E-state index contributed by atoms with van der Waals surface area (Å²) in [6.07, 6.45) is 4.13. The van der Waals surface area contributed by atoms with Gasteiger partial charge in [-0.05, 0) is 29.7 Å². The molecule has 0 saturated carbocycles. The van der Waals surface area contributed by atoms with E-state index in [0.29, 0.717) is 12.5 Å². The molecule has 1 saturated heterocycles. The van der Waals surface area contributed by atoms with E-state index in [1.165, 1.54) is 5.56 Å². The third-order valence-corrected chi connectivity index (χ3v) is 6.69. The van der Waals surface area contributed by atoms with Gasteiger partial charge in [-0.3, -0.25) is 4.99 Å². The van der Waals surface area contributed by atoms with Gasteiger partial charge in [0.1, 0.15) is 5.84 Å². The molecule has 0 spiro atoms. The highest BCUT2D eigenvalue weighted by Gasteiger charge is 2.47. The molecule has 180 valence electrons. The van der Waals surface area contributed by atoms with Crippen LogP contribution in [0.3, 0.4) is 0 Å². The highest BCUT2D eigenvalue weighted by molar-refractivity contribution is 5.99. The maximum absolute atomic E-state index is 6.60. The van der Waals surface area contributed by atoms with Gasteiger partial charge in [0.15, 0.2) is 6.23 Å².